The van der Waals surface area contributed by atoms with Crippen LogP contribution in [0.5, 0.6) is 0 Å². The normalized spacial score (nSPS) is 12.4. The number of rotatable bonds is 6. The van der Waals surface area contributed by atoms with Gasteiger partial charge in [-0.15, -0.1) is 0 Å². The number of fused-ring (bicyclic) bond motifs is 3. The van der Waals surface area contributed by atoms with Crippen LogP contribution in [0, 0.1) is 0 Å². The minimum Gasteiger partial charge on any atom is -0.450 e. The highest BCUT2D eigenvalue weighted by molar-refractivity contribution is 6.05. The monoisotopic (exact) mass is 385 g/mol. The topological polar surface area (TPSA) is 89.9 Å². The summed E-state index contributed by atoms with van der Waals surface area (Å²) in [5, 5.41) is 8.60. The van der Waals surface area contributed by atoms with Gasteiger partial charge in [0.15, 0.2) is 17.2 Å². The van der Waals surface area contributed by atoms with Gasteiger partial charge in [-0.1, -0.05) is 54.5 Å². The van der Waals surface area contributed by atoms with E-state index >= 15 is 0 Å². The number of anilines is 1. The van der Waals surface area contributed by atoms with E-state index in [0.717, 1.165) is 34.9 Å². The molecule has 0 radical (unpaired) electrons. The number of hydrogen-bond donors (Lipinski definition) is 1. The number of para-hydroxylation sites is 1. The van der Waals surface area contributed by atoms with E-state index in [0.29, 0.717) is 23.1 Å². The van der Waals surface area contributed by atoms with Gasteiger partial charge in [0, 0.05) is 11.8 Å². The van der Waals surface area contributed by atoms with Crippen molar-refractivity contribution in [1.82, 2.24) is 20.1 Å². The molecule has 0 saturated heterocycles. The quantitative estimate of drug-likeness (QED) is 0.444. The first-order valence-electron chi connectivity index (χ1n) is 9.59. The summed E-state index contributed by atoms with van der Waals surface area (Å²) < 4.78 is 11.5. The van der Waals surface area contributed by atoms with Crippen LogP contribution in [0.1, 0.15) is 36.7 Å². The molecule has 0 aliphatic rings. The molecular weight excluding hydrogens is 366 g/mol. The predicted molar refractivity (Wildman–Crippen MR) is 110 cm³/mol. The van der Waals surface area contributed by atoms with Gasteiger partial charge in [0.25, 0.3) is 0 Å². The van der Waals surface area contributed by atoms with Gasteiger partial charge in [0.2, 0.25) is 5.89 Å². The Hall–Kier alpha value is -3.74. The zero-order chi connectivity index (χ0) is 19.6. The van der Waals surface area contributed by atoms with Crippen LogP contribution in [-0.2, 0) is 6.42 Å². The van der Waals surface area contributed by atoms with E-state index in [1.807, 2.05) is 54.6 Å². The molecule has 7 nitrogen and oxygen atoms in total. The molecule has 2 aromatic carbocycles. The lowest BCUT2D eigenvalue weighted by Gasteiger charge is -2.16. The van der Waals surface area contributed by atoms with Gasteiger partial charge in [-0.05, 0) is 24.1 Å². The summed E-state index contributed by atoms with van der Waals surface area (Å²) in [7, 11) is 0. The average molecular weight is 385 g/mol. The molecule has 0 aliphatic carbocycles. The van der Waals surface area contributed by atoms with Gasteiger partial charge in [-0.25, -0.2) is 9.97 Å². The second-order valence-corrected chi connectivity index (χ2v) is 6.78. The van der Waals surface area contributed by atoms with Crippen LogP contribution in [0.25, 0.3) is 22.1 Å². The first-order chi connectivity index (χ1) is 14.3. The molecule has 1 N–H and O–H groups in total. The van der Waals surface area contributed by atoms with Crippen LogP contribution in [-0.4, -0.2) is 20.1 Å². The molecule has 0 spiro atoms. The number of nitrogens with zero attached hydrogens (tertiary/aromatic N) is 4. The van der Waals surface area contributed by atoms with E-state index in [9.17, 15) is 0 Å². The number of aromatic nitrogens is 4. The minimum absolute atomic E-state index is 0.336. The SMILES string of the molecule is CCCc1nc(C(Nc2ncnc3c2oc2ccccc23)c2ccccc2)no1. The lowest BCUT2D eigenvalue weighted by molar-refractivity contribution is 0.371. The highest BCUT2D eigenvalue weighted by Gasteiger charge is 2.23. The molecule has 3 aromatic heterocycles. The van der Waals surface area contributed by atoms with Crippen molar-refractivity contribution in [3.8, 4) is 0 Å². The molecule has 29 heavy (non-hydrogen) atoms. The van der Waals surface area contributed by atoms with Crippen LogP contribution in [0.2, 0.25) is 0 Å². The number of benzene rings is 2. The summed E-state index contributed by atoms with van der Waals surface area (Å²) in [6.07, 6.45) is 3.22. The van der Waals surface area contributed by atoms with Crippen molar-refractivity contribution >= 4 is 27.9 Å². The molecule has 0 fully saturated rings. The summed E-state index contributed by atoms with van der Waals surface area (Å²) >= 11 is 0. The smallest absolute Gasteiger partial charge is 0.226 e. The van der Waals surface area contributed by atoms with E-state index in [1.54, 1.807) is 0 Å². The summed E-state index contributed by atoms with van der Waals surface area (Å²) in [5.74, 6) is 1.77. The van der Waals surface area contributed by atoms with Gasteiger partial charge >= 0.3 is 0 Å². The van der Waals surface area contributed by atoms with Gasteiger partial charge < -0.3 is 14.3 Å². The molecule has 0 bridgehead atoms. The van der Waals surface area contributed by atoms with Crippen molar-refractivity contribution in [3.05, 3.63) is 78.2 Å². The Bertz CT molecular complexity index is 1260. The highest BCUT2D eigenvalue weighted by Crippen LogP contribution is 2.33. The fourth-order valence-corrected chi connectivity index (χ4v) is 3.41. The number of hydrogen-bond acceptors (Lipinski definition) is 7. The van der Waals surface area contributed by atoms with Crippen LogP contribution < -0.4 is 5.32 Å². The number of nitrogens with one attached hydrogen (secondary N) is 1. The third kappa shape index (κ3) is 3.20. The maximum absolute atomic E-state index is 6.05. The second kappa shape index (κ2) is 7.35. The molecule has 3 heterocycles. The molecule has 0 amide bonds. The molecule has 0 aliphatic heterocycles. The first kappa shape index (κ1) is 17.4. The van der Waals surface area contributed by atoms with Crippen molar-refractivity contribution in [3.63, 3.8) is 0 Å². The van der Waals surface area contributed by atoms with Gasteiger partial charge in [-0.3, -0.25) is 0 Å². The van der Waals surface area contributed by atoms with Gasteiger partial charge in [0.1, 0.15) is 23.5 Å². The fourth-order valence-electron chi connectivity index (χ4n) is 3.41. The molecule has 7 heteroatoms. The van der Waals surface area contributed by atoms with Gasteiger partial charge in [-0.2, -0.15) is 4.98 Å². The van der Waals surface area contributed by atoms with E-state index < -0.39 is 0 Å². The van der Waals surface area contributed by atoms with Crippen molar-refractivity contribution in [2.24, 2.45) is 0 Å². The molecular formula is C22H19N5O2. The Labute approximate surface area is 166 Å². The van der Waals surface area contributed by atoms with E-state index in [4.69, 9.17) is 8.94 Å². The highest BCUT2D eigenvalue weighted by atomic mass is 16.5. The number of furan rings is 1. The summed E-state index contributed by atoms with van der Waals surface area (Å²) in [4.78, 5) is 13.4. The molecule has 1 unspecified atom stereocenters. The summed E-state index contributed by atoms with van der Waals surface area (Å²) in [5.41, 5.74) is 3.14. The lowest BCUT2D eigenvalue weighted by atomic mass is 10.1. The van der Waals surface area contributed by atoms with Crippen LogP contribution >= 0.6 is 0 Å². The Morgan fingerprint density at radius 2 is 1.83 bits per heavy atom. The van der Waals surface area contributed by atoms with E-state index in [2.05, 4.69) is 32.3 Å². The maximum Gasteiger partial charge on any atom is 0.226 e. The zero-order valence-corrected chi connectivity index (χ0v) is 15.9. The molecule has 5 aromatic rings. The van der Waals surface area contributed by atoms with E-state index in [-0.39, 0.29) is 6.04 Å². The largest absolute Gasteiger partial charge is 0.450 e. The summed E-state index contributed by atoms with van der Waals surface area (Å²) in [6.45, 7) is 2.08. The predicted octanol–water partition coefficient (Wildman–Crippen LogP) is 4.91. The molecule has 144 valence electrons. The number of aryl methyl sites for hydroxylation is 1. The third-order valence-corrected chi connectivity index (χ3v) is 4.78. The maximum atomic E-state index is 6.05. The van der Waals surface area contributed by atoms with E-state index in [1.165, 1.54) is 6.33 Å². The average Bonchev–Trinajstić information content (AvgIpc) is 3.38. The Morgan fingerprint density at radius 1 is 1.00 bits per heavy atom. The summed E-state index contributed by atoms with van der Waals surface area (Å²) in [6, 6.07) is 17.4. The Morgan fingerprint density at radius 3 is 2.69 bits per heavy atom. The van der Waals surface area contributed by atoms with Gasteiger partial charge in [0.05, 0.1) is 0 Å². The van der Waals surface area contributed by atoms with Crippen molar-refractivity contribution in [2.45, 2.75) is 25.8 Å². The van der Waals surface area contributed by atoms with Crippen molar-refractivity contribution in [2.75, 3.05) is 5.32 Å². The molecule has 1 atom stereocenters. The van der Waals surface area contributed by atoms with Crippen LogP contribution in [0.15, 0.2) is 69.9 Å². The van der Waals surface area contributed by atoms with Crippen LogP contribution in [0.4, 0.5) is 5.82 Å². The fraction of sp³-hybridized carbons (Fsp3) is 0.182. The standard InChI is InChI=1S/C22H19N5O2/c1-2-8-17-25-21(27-29-17)18(14-9-4-3-5-10-14)26-22-20-19(23-13-24-22)15-11-6-7-12-16(15)28-20/h3-7,9-13,18H,2,8H2,1H3,(H,23,24,26). The molecule has 5 rings (SSSR count). The zero-order valence-electron chi connectivity index (χ0n) is 15.9. The second-order valence-electron chi connectivity index (χ2n) is 6.78. The third-order valence-electron chi connectivity index (χ3n) is 4.78. The van der Waals surface area contributed by atoms with Crippen molar-refractivity contribution < 1.29 is 8.94 Å². The molecule has 0 saturated carbocycles. The minimum atomic E-state index is -0.336. The van der Waals surface area contributed by atoms with Crippen LogP contribution in [0.3, 0.4) is 0 Å². The lowest BCUT2D eigenvalue weighted by Crippen LogP contribution is -2.15. The first-order valence-corrected chi connectivity index (χ1v) is 9.59. The Balaban J connectivity index is 1.60. The Kier molecular flexibility index (Phi) is 4.40. The van der Waals surface area contributed by atoms with Crippen molar-refractivity contribution in [1.29, 1.82) is 0 Å².